The van der Waals surface area contributed by atoms with Crippen molar-refractivity contribution >= 4 is 6.29 Å². The van der Waals surface area contributed by atoms with Gasteiger partial charge in [0.15, 0.2) is 6.29 Å². The molecule has 0 spiro atoms. The molecular formula is C12H26O12. The van der Waals surface area contributed by atoms with Crippen molar-refractivity contribution < 1.29 is 61.0 Å². The molecule has 0 amide bonds. The molecule has 0 radical (unpaired) electrons. The zero-order valence-corrected chi connectivity index (χ0v) is 12.6. The van der Waals surface area contributed by atoms with Gasteiger partial charge in [-0.2, -0.15) is 0 Å². The SMILES string of the molecule is O=C[C@H](O)[C@@H](O)[C@H](O)[C@H](O)CO.OC[C@@H](O)[C@@H](O)[C@H](O)[C@H](O)CO. The maximum atomic E-state index is 9.90. The van der Waals surface area contributed by atoms with Crippen molar-refractivity contribution in [3.8, 4) is 0 Å². The summed E-state index contributed by atoms with van der Waals surface area (Å²) in [6.45, 7) is -2.21. The van der Waals surface area contributed by atoms with Crippen LogP contribution in [-0.2, 0) is 4.79 Å². The molecule has 0 aliphatic carbocycles. The van der Waals surface area contributed by atoms with E-state index in [1.54, 1.807) is 0 Å². The van der Waals surface area contributed by atoms with Gasteiger partial charge in [-0.1, -0.05) is 0 Å². The second kappa shape index (κ2) is 13.5. The lowest BCUT2D eigenvalue weighted by Gasteiger charge is -2.24. The van der Waals surface area contributed by atoms with Gasteiger partial charge in [0.1, 0.15) is 48.8 Å². The lowest BCUT2D eigenvalue weighted by Crippen LogP contribution is -2.46. The molecule has 12 heteroatoms. The molecule has 0 unspecified atom stereocenters. The highest BCUT2D eigenvalue weighted by Crippen LogP contribution is 2.04. The van der Waals surface area contributed by atoms with Crippen molar-refractivity contribution in [1.29, 1.82) is 0 Å². The number of aliphatic hydroxyl groups excluding tert-OH is 11. The summed E-state index contributed by atoms with van der Waals surface area (Å²) in [5, 5.41) is 95.7. The maximum absolute atomic E-state index is 9.90. The van der Waals surface area contributed by atoms with E-state index in [0.29, 0.717) is 0 Å². The van der Waals surface area contributed by atoms with Crippen molar-refractivity contribution in [2.45, 2.75) is 48.8 Å². The predicted molar refractivity (Wildman–Crippen MR) is 75.4 cm³/mol. The van der Waals surface area contributed by atoms with Crippen molar-refractivity contribution in [1.82, 2.24) is 0 Å². The second-order valence-electron chi connectivity index (χ2n) is 4.84. The summed E-state index contributed by atoms with van der Waals surface area (Å²) in [4.78, 5) is 9.90. The fourth-order valence-corrected chi connectivity index (χ4v) is 1.29. The van der Waals surface area contributed by atoms with Crippen LogP contribution in [0.4, 0.5) is 0 Å². The van der Waals surface area contributed by atoms with Crippen LogP contribution in [0.2, 0.25) is 0 Å². The standard InChI is InChI=1S/C6H14O6.C6H12O6/c2*7-1-3(9)5(11)6(12)4(10)2-8/h3-12H,1-2H2;1,3-6,8-12H,2H2/t3-,4-,5-,6-;3-,4+,5+,6+/m10/s1. The van der Waals surface area contributed by atoms with Gasteiger partial charge < -0.3 is 61.0 Å². The van der Waals surface area contributed by atoms with E-state index < -0.39 is 68.7 Å². The summed E-state index contributed by atoms with van der Waals surface area (Å²) in [6, 6.07) is 0. The third-order valence-electron chi connectivity index (χ3n) is 2.93. The van der Waals surface area contributed by atoms with Crippen molar-refractivity contribution in [3.05, 3.63) is 0 Å². The fourth-order valence-electron chi connectivity index (χ4n) is 1.29. The lowest BCUT2D eigenvalue weighted by molar-refractivity contribution is -0.136. The Morgan fingerprint density at radius 1 is 0.542 bits per heavy atom. The minimum atomic E-state index is -1.79. The van der Waals surface area contributed by atoms with E-state index in [1.807, 2.05) is 0 Å². The van der Waals surface area contributed by atoms with E-state index >= 15 is 0 Å². The van der Waals surface area contributed by atoms with Crippen molar-refractivity contribution in [2.75, 3.05) is 19.8 Å². The predicted octanol–water partition coefficient (Wildman–Crippen LogP) is -6.96. The van der Waals surface area contributed by atoms with E-state index in [4.69, 9.17) is 56.2 Å². The molecule has 0 aliphatic heterocycles. The molecule has 0 aliphatic rings. The smallest absolute Gasteiger partial charge is 0.151 e. The van der Waals surface area contributed by atoms with Crippen molar-refractivity contribution in [2.24, 2.45) is 0 Å². The molecule has 0 fully saturated rings. The average molecular weight is 362 g/mol. The van der Waals surface area contributed by atoms with Gasteiger partial charge in [0.05, 0.1) is 19.8 Å². The molecule has 0 saturated carbocycles. The molecule has 0 aromatic carbocycles. The Morgan fingerprint density at radius 2 is 0.792 bits per heavy atom. The Balaban J connectivity index is 0. The van der Waals surface area contributed by atoms with Crippen LogP contribution in [0.3, 0.4) is 0 Å². The van der Waals surface area contributed by atoms with E-state index in [-0.39, 0.29) is 6.29 Å². The molecule has 8 atom stereocenters. The largest absolute Gasteiger partial charge is 0.394 e. The van der Waals surface area contributed by atoms with E-state index in [2.05, 4.69) is 0 Å². The zero-order chi connectivity index (χ0) is 19.4. The van der Waals surface area contributed by atoms with Crippen LogP contribution >= 0.6 is 0 Å². The molecule has 0 saturated heterocycles. The normalized spacial score (nSPS) is 21.3. The quantitative estimate of drug-likeness (QED) is 0.162. The van der Waals surface area contributed by atoms with Crippen LogP contribution in [0.1, 0.15) is 0 Å². The first-order valence-electron chi connectivity index (χ1n) is 6.81. The molecule has 0 aromatic rings. The van der Waals surface area contributed by atoms with Gasteiger partial charge in [-0.15, -0.1) is 0 Å². The van der Waals surface area contributed by atoms with Crippen LogP contribution < -0.4 is 0 Å². The summed E-state index contributed by atoms with van der Waals surface area (Å²) in [7, 11) is 0. The molecule has 12 nitrogen and oxygen atoms in total. The highest BCUT2D eigenvalue weighted by atomic mass is 16.4. The number of rotatable bonds is 10. The zero-order valence-electron chi connectivity index (χ0n) is 12.6. The molecule has 146 valence electrons. The third-order valence-corrected chi connectivity index (χ3v) is 2.93. The van der Waals surface area contributed by atoms with Gasteiger partial charge in [-0.05, 0) is 0 Å². The summed E-state index contributed by atoms with van der Waals surface area (Å²) in [5.41, 5.74) is 0. The van der Waals surface area contributed by atoms with Crippen molar-refractivity contribution in [3.63, 3.8) is 0 Å². The number of hydrogen-bond acceptors (Lipinski definition) is 12. The lowest BCUT2D eigenvalue weighted by atomic mass is 10.0. The Labute approximate surface area is 137 Å². The molecule has 24 heavy (non-hydrogen) atoms. The highest BCUT2D eigenvalue weighted by Gasteiger charge is 2.30. The summed E-state index contributed by atoms with van der Waals surface area (Å²) in [5.74, 6) is 0. The summed E-state index contributed by atoms with van der Waals surface area (Å²) in [6.07, 6.45) is -13.2. The minimum absolute atomic E-state index is 0.0258. The Hall–Kier alpha value is -0.770. The monoisotopic (exact) mass is 362 g/mol. The molecular weight excluding hydrogens is 336 g/mol. The van der Waals surface area contributed by atoms with Gasteiger partial charge >= 0.3 is 0 Å². The van der Waals surface area contributed by atoms with Crippen LogP contribution in [-0.4, -0.2) is 131 Å². The number of aldehydes is 1. The Bertz CT molecular complexity index is 302. The minimum Gasteiger partial charge on any atom is -0.394 e. The number of hydrogen-bond donors (Lipinski definition) is 11. The first kappa shape index (κ1) is 25.5. The number of aliphatic hydroxyl groups is 11. The topological polar surface area (TPSA) is 240 Å². The average Bonchev–Trinajstić information content (AvgIpc) is 2.62. The first-order chi connectivity index (χ1) is 11.1. The van der Waals surface area contributed by atoms with Gasteiger partial charge in [0.2, 0.25) is 0 Å². The highest BCUT2D eigenvalue weighted by molar-refractivity contribution is 5.56. The summed E-state index contributed by atoms with van der Waals surface area (Å²) >= 11 is 0. The van der Waals surface area contributed by atoms with E-state index in [1.165, 1.54) is 0 Å². The maximum Gasteiger partial charge on any atom is 0.151 e. The van der Waals surface area contributed by atoms with Crippen LogP contribution in [0.15, 0.2) is 0 Å². The molecule has 0 bridgehead atoms. The second-order valence-corrected chi connectivity index (χ2v) is 4.84. The van der Waals surface area contributed by atoms with E-state index in [9.17, 15) is 4.79 Å². The molecule has 11 N–H and O–H groups in total. The van der Waals surface area contributed by atoms with Gasteiger partial charge in [-0.3, -0.25) is 0 Å². The number of carbonyl (C=O) groups excluding carboxylic acids is 1. The number of carbonyl (C=O) groups is 1. The van der Waals surface area contributed by atoms with Gasteiger partial charge in [0, 0.05) is 0 Å². The fraction of sp³-hybridized carbons (Fsp3) is 0.917. The van der Waals surface area contributed by atoms with E-state index in [0.717, 1.165) is 0 Å². The Kier molecular flexibility index (Phi) is 14.3. The summed E-state index contributed by atoms with van der Waals surface area (Å²) < 4.78 is 0. The van der Waals surface area contributed by atoms with Crippen LogP contribution in [0.5, 0.6) is 0 Å². The third kappa shape index (κ3) is 8.91. The van der Waals surface area contributed by atoms with Crippen LogP contribution in [0, 0.1) is 0 Å². The first-order valence-corrected chi connectivity index (χ1v) is 6.81. The molecule has 0 heterocycles. The molecule has 0 rings (SSSR count). The van der Waals surface area contributed by atoms with Gasteiger partial charge in [0.25, 0.3) is 0 Å². The Morgan fingerprint density at radius 3 is 1.00 bits per heavy atom. The molecule has 0 aromatic heterocycles. The van der Waals surface area contributed by atoms with Crippen LogP contribution in [0.25, 0.3) is 0 Å². The van der Waals surface area contributed by atoms with Gasteiger partial charge in [-0.25, -0.2) is 0 Å².